The van der Waals surface area contributed by atoms with E-state index in [9.17, 15) is 18.0 Å². The molecule has 11 heteroatoms. The standard InChI is InChI=1S/C29H30F3N3O5/c1-4-37-28(36)19-8-11-23(12-9-19)40-27-16-26(29(30,31)32)33-35(27)22-7-5-6-20(14-22)18(2)34(3)21-10-13-24-25(15-21)39-17-38-24/h5-7,10,13-16,19,23H,2,4,8-9,11-12,17H2,1,3H3. The van der Waals surface area contributed by atoms with E-state index in [-0.39, 0.29) is 30.7 Å². The number of carbonyl (C=O) groups excluding carboxylic acids is 1. The fourth-order valence-corrected chi connectivity index (χ4v) is 4.88. The Morgan fingerprint density at radius 1 is 1.10 bits per heavy atom. The lowest BCUT2D eigenvalue weighted by molar-refractivity contribution is -0.149. The number of hydrogen-bond acceptors (Lipinski definition) is 7. The first-order chi connectivity index (χ1) is 19.1. The summed E-state index contributed by atoms with van der Waals surface area (Å²) in [5, 5.41) is 3.85. The molecule has 3 aromatic rings. The van der Waals surface area contributed by atoms with Gasteiger partial charge in [-0.1, -0.05) is 18.7 Å². The van der Waals surface area contributed by atoms with Gasteiger partial charge in [0.05, 0.1) is 18.2 Å². The van der Waals surface area contributed by atoms with Crippen LogP contribution in [0.2, 0.25) is 0 Å². The first-order valence-electron chi connectivity index (χ1n) is 13.1. The Morgan fingerprint density at radius 3 is 2.58 bits per heavy atom. The van der Waals surface area contributed by atoms with Crippen molar-refractivity contribution in [2.75, 3.05) is 25.3 Å². The summed E-state index contributed by atoms with van der Waals surface area (Å²) < 4.78 is 64.1. The number of nitrogens with zero attached hydrogens (tertiary/aromatic N) is 3. The highest BCUT2D eigenvalue weighted by atomic mass is 19.4. The van der Waals surface area contributed by atoms with E-state index in [4.69, 9.17) is 18.9 Å². The Morgan fingerprint density at radius 2 is 1.85 bits per heavy atom. The number of ether oxygens (including phenoxy) is 4. The van der Waals surface area contributed by atoms with E-state index in [0.717, 1.165) is 16.4 Å². The van der Waals surface area contributed by atoms with Crippen LogP contribution in [-0.2, 0) is 15.7 Å². The summed E-state index contributed by atoms with van der Waals surface area (Å²) in [6.45, 7) is 6.43. The molecule has 212 valence electrons. The van der Waals surface area contributed by atoms with Crippen LogP contribution >= 0.6 is 0 Å². The summed E-state index contributed by atoms with van der Waals surface area (Å²) in [6.07, 6.45) is -2.86. The molecule has 0 amide bonds. The molecule has 2 heterocycles. The van der Waals surface area contributed by atoms with Crippen LogP contribution in [0, 0.1) is 5.92 Å². The average molecular weight is 558 g/mol. The van der Waals surface area contributed by atoms with Crippen molar-refractivity contribution in [1.82, 2.24) is 9.78 Å². The molecule has 0 saturated heterocycles. The minimum Gasteiger partial charge on any atom is -0.474 e. The Bertz CT molecular complexity index is 1400. The van der Waals surface area contributed by atoms with Crippen LogP contribution in [0.1, 0.15) is 43.9 Å². The first-order valence-corrected chi connectivity index (χ1v) is 13.1. The normalized spacial score (nSPS) is 18.3. The second-order valence-electron chi connectivity index (χ2n) is 9.71. The van der Waals surface area contributed by atoms with Crippen LogP contribution in [0.5, 0.6) is 17.4 Å². The maximum atomic E-state index is 13.7. The summed E-state index contributed by atoms with van der Waals surface area (Å²) in [6, 6.07) is 13.4. The van der Waals surface area contributed by atoms with E-state index in [0.29, 0.717) is 60.7 Å². The lowest BCUT2D eigenvalue weighted by Gasteiger charge is -2.27. The molecule has 1 aliphatic carbocycles. The molecule has 1 saturated carbocycles. The van der Waals surface area contributed by atoms with Crippen molar-refractivity contribution in [3.05, 3.63) is 66.4 Å². The zero-order valence-corrected chi connectivity index (χ0v) is 22.2. The molecule has 1 fully saturated rings. The third-order valence-electron chi connectivity index (χ3n) is 7.12. The lowest BCUT2D eigenvalue weighted by atomic mass is 9.87. The van der Waals surface area contributed by atoms with Crippen molar-refractivity contribution >= 4 is 17.4 Å². The van der Waals surface area contributed by atoms with Gasteiger partial charge in [0.2, 0.25) is 12.7 Å². The van der Waals surface area contributed by atoms with E-state index in [1.807, 2.05) is 36.2 Å². The topological polar surface area (TPSA) is 75.1 Å². The van der Waals surface area contributed by atoms with Crippen LogP contribution < -0.4 is 19.1 Å². The fraction of sp³-hybridized carbons (Fsp3) is 0.379. The number of fused-ring (bicyclic) bond motifs is 1. The Hall–Kier alpha value is -4.15. The number of alkyl halides is 3. The van der Waals surface area contributed by atoms with Gasteiger partial charge in [-0.25, -0.2) is 4.68 Å². The number of anilines is 1. The number of benzene rings is 2. The fourth-order valence-electron chi connectivity index (χ4n) is 4.88. The van der Waals surface area contributed by atoms with Gasteiger partial charge < -0.3 is 23.8 Å². The number of esters is 1. The maximum Gasteiger partial charge on any atom is 0.435 e. The van der Waals surface area contributed by atoms with Gasteiger partial charge in [-0.3, -0.25) is 4.79 Å². The van der Waals surface area contributed by atoms with Crippen molar-refractivity contribution in [3.8, 4) is 23.1 Å². The summed E-state index contributed by atoms with van der Waals surface area (Å²) in [7, 11) is 1.84. The Kier molecular flexibility index (Phi) is 7.64. The molecule has 1 aromatic heterocycles. The van der Waals surface area contributed by atoms with Gasteiger partial charge >= 0.3 is 12.1 Å². The molecule has 2 aliphatic rings. The van der Waals surface area contributed by atoms with E-state index in [1.165, 1.54) is 0 Å². The highest BCUT2D eigenvalue weighted by Crippen LogP contribution is 2.38. The van der Waals surface area contributed by atoms with Gasteiger partial charge in [-0.2, -0.15) is 18.3 Å². The van der Waals surface area contributed by atoms with Gasteiger partial charge in [-0.05, 0) is 62.4 Å². The molecule has 0 bridgehead atoms. The van der Waals surface area contributed by atoms with Crippen LogP contribution in [0.15, 0.2) is 55.1 Å². The second kappa shape index (κ2) is 11.1. The van der Waals surface area contributed by atoms with Gasteiger partial charge in [0, 0.05) is 30.6 Å². The van der Waals surface area contributed by atoms with Crippen LogP contribution in [0.25, 0.3) is 11.4 Å². The van der Waals surface area contributed by atoms with E-state index in [2.05, 4.69) is 11.7 Å². The minimum atomic E-state index is -4.65. The van der Waals surface area contributed by atoms with Crippen molar-refractivity contribution in [3.63, 3.8) is 0 Å². The van der Waals surface area contributed by atoms with Gasteiger partial charge in [0.15, 0.2) is 17.2 Å². The van der Waals surface area contributed by atoms with Gasteiger partial charge in [0.1, 0.15) is 6.10 Å². The van der Waals surface area contributed by atoms with Crippen molar-refractivity contribution < 1.29 is 36.9 Å². The predicted molar refractivity (Wildman–Crippen MR) is 142 cm³/mol. The van der Waals surface area contributed by atoms with Crippen molar-refractivity contribution in [2.24, 2.45) is 5.92 Å². The highest BCUT2D eigenvalue weighted by Gasteiger charge is 2.36. The largest absolute Gasteiger partial charge is 0.474 e. The number of hydrogen-bond donors (Lipinski definition) is 0. The quantitative estimate of drug-likeness (QED) is 0.304. The molecular weight excluding hydrogens is 527 g/mol. The molecule has 2 aromatic carbocycles. The summed E-state index contributed by atoms with van der Waals surface area (Å²) in [5.41, 5.74) is 1.44. The lowest BCUT2D eigenvalue weighted by Crippen LogP contribution is -2.29. The maximum absolute atomic E-state index is 13.7. The predicted octanol–water partition coefficient (Wildman–Crippen LogP) is 6.23. The van der Waals surface area contributed by atoms with Gasteiger partial charge in [0.25, 0.3) is 0 Å². The second-order valence-corrected chi connectivity index (χ2v) is 9.71. The molecule has 5 rings (SSSR count). The first kappa shape index (κ1) is 27.4. The number of halogens is 3. The molecule has 0 N–H and O–H groups in total. The molecule has 0 radical (unpaired) electrons. The molecule has 1 aliphatic heterocycles. The smallest absolute Gasteiger partial charge is 0.435 e. The van der Waals surface area contributed by atoms with E-state index in [1.54, 1.807) is 25.1 Å². The molecule has 0 spiro atoms. The summed E-state index contributed by atoms with van der Waals surface area (Å²) >= 11 is 0. The average Bonchev–Trinajstić information content (AvgIpc) is 3.60. The zero-order valence-electron chi connectivity index (χ0n) is 22.2. The van der Waals surface area contributed by atoms with Crippen molar-refractivity contribution in [1.29, 1.82) is 0 Å². The van der Waals surface area contributed by atoms with E-state index >= 15 is 0 Å². The highest BCUT2D eigenvalue weighted by molar-refractivity contribution is 5.79. The number of carbonyl (C=O) groups is 1. The van der Waals surface area contributed by atoms with E-state index < -0.39 is 11.9 Å². The SMILES string of the molecule is C=C(c1cccc(-n2nc(C(F)(F)F)cc2OC2CCC(C(=O)OCC)CC2)c1)N(C)c1ccc2c(c1)OCO2. The molecule has 0 atom stereocenters. The summed E-state index contributed by atoms with van der Waals surface area (Å²) in [4.78, 5) is 13.9. The third kappa shape index (κ3) is 5.73. The molecule has 8 nitrogen and oxygen atoms in total. The van der Waals surface area contributed by atoms with Crippen LogP contribution in [0.3, 0.4) is 0 Å². The molecular formula is C29H30F3N3O5. The third-order valence-corrected chi connectivity index (χ3v) is 7.12. The van der Waals surface area contributed by atoms with Crippen molar-refractivity contribution in [2.45, 2.75) is 44.9 Å². The van der Waals surface area contributed by atoms with Crippen LogP contribution in [0.4, 0.5) is 18.9 Å². The molecule has 0 unspecified atom stereocenters. The van der Waals surface area contributed by atoms with Gasteiger partial charge in [-0.15, -0.1) is 0 Å². The monoisotopic (exact) mass is 557 g/mol. The minimum absolute atomic E-state index is 0.0150. The summed E-state index contributed by atoms with van der Waals surface area (Å²) in [5.74, 6) is 0.804. The Labute approximate surface area is 229 Å². The molecule has 40 heavy (non-hydrogen) atoms. The Balaban J connectivity index is 1.37. The number of rotatable bonds is 8. The number of aromatic nitrogens is 2. The van der Waals surface area contributed by atoms with Crippen LogP contribution in [-0.4, -0.2) is 42.3 Å². The zero-order chi connectivity index (χ0) is 28.4.